The van der Waals surface area contributed by atoms with Crippen LogP contribution in [0.1, 0.15) is 38.8 Å². The molecule has 0 fully saturated rings. The second-order valence-corrected chi connectivity index (χ2v) is 8.96. The minimum atomic E-state index is -0.802. The Morgan fingerprint density at radius 1 is 0.750 bits per heavy atom. The molecule has 0 aliphatic heterocycles. The smallest absolute Gasteiger partial charge is 0.328 e. The number of ether oxygens (including phenoxy) is 3. The number of carbonyl (C=O) groups excluding carboxylic acids is 4. The Morgan fingerprint density at radius 3 is 1.57 bits per heavy atom. The van der Waals surface area contributed by atoms with Gasteiger partial charge in [-0.05, 0) is 35.4 Å². The van der Waals surface area contributed by atoms with Gasteiger partial charge in [-0.3, -0.25) is 9.59 Å². The lowest BCUT2D eigenvalue weighted by Crippen LogP contribution is -2.41. The fourth-order valence-electron chi connectivity index (χ4n) is 3.22. The Labute approximate surface area is 242 Å². The lowest BCUT2D eigenvalue weighted by Gasteiger charge is -2.16. The van der Waals surface area contributed by atoms with Crippen molar-refractivity contribution >= 4 is 48.0 Å². The molecule has 0 aliphatic rings. The highest BCUT2D eigenvalue weighted by atomic mass is 32.2. The molecule has 222 valence electrons. The molecule has 9 nitrogen and oxygen atoms in total. The van der Waals surface area contributed by atoms with Crippen molar-refractivity contribution in [3.63, 3.8) is 0 Å². The molecule has 0 aromatic heterocycles. The standard InChI is InChI=1S/C13H16FNO4S.C12H14FNO3S.C2H6/c1-8(16)15-10(13(17)19-3)6-9-4-5-11(18-2)12(7-9)20-14;1-8(15)14-11(12(16)17-2)7-9-3-5-10(18-13)6-4-9;1-2/h4-5,7,10H,6H2,1-3H3,(H,15,16);3-6,11H,7H2,1-2H3,(H,14,15);1-2H3/t;11-;/m.0./s1. The van der Waals surface area contributed by atoms with Gasteiger partial charge in [0.25, 0.3) is 0 Å². The molecule has 0 saturated carbocycles. The first-order chi connectivity index (χ1) is 19.1. The normalized spacial score (nSPS) is 11.2. The maximum absolute atomic E-state index is 12.8. The van der Waals surface area contributed by atoms with Crippen molar-refractivity contribution in [1.29, 1.82) is 0 Å². The van der Waals surface area contributed by atoms with Crippen LogP contribution in [0.5, 0.6) is 5.75 Å². The average molecular weight is 603 g/mol. The molecule has 13 heteroatoms. The van der Waals surface area contributed by atoms with Gasteiger partial charge in [0.2, 0.25) is 11.8 Å². The summed E-state index contributed by atoms with van der Waals surface area (Å²) in [6, 6.07) is 10.0. The van der Waals surface area contributed by atoms with Crippen LogP contribution in [-0.2, 0) is 41.5 Å². The molecule has 2 aromatic rings. The number of methoxy groups -OCH3 is 3. The van der Waals surface area contributed by atoms with Crippen molar-refractivity contribution in [2.75, 3.05) is 21.3 Å². The van der Waals surface area contributed by atoms with Gasteiger partial charge in [-0.1, -0.05) is 32.0 Å². The van der Waals surface area contributed by atoms with Gasteiger partial charge in [0.15, 0.2) is 0 Å². The molecular weight excluding hydrogens is 566 g/mol. The number of benzene rings is 2. The number of carbonyl (C=O) groups is 4. The zero-order valence-electron chi connectivity index (χ0n) is 23.5. The first-order valence-corrected chi connectivity index (χ1v) is 13.5. The second kappa shape index (κ2) is 20.6. The van der Waals surface area contributed by atoms with Crippen LogP contribution in [0.25, 0.3) is 0 Å². The summed E-state index contributed by atoms with van der Waals surface area (Å²) in [7, 11) is 3.96. The molecule has 0 saturated heterocycles. The first-order valence-electron chi connectivity index (χ1n) is 12.1. The summed E-state index contributed by atoms with van der Waals surface area (Å²) in [4.78, 5) is 46.0. The van der Waals surface area contributed by atoms with Crippen molar-refractivity contribution in [2.45, 2.75) is 62.4 Å². The van der Waals surface area contributed by atoms with E-state index >= 15 is 0 Å². The summed E-state index contributed by atoms with van der Waals surface area (Å²) in [6.45, 7) is 6.64. The van der Waals surface area contributed by atoms with Gasteiger partial charge in [0, 0.05) is 31.6 Å². The summed E-state index contributed by atoms with van der Waals surface area (Å²) >= 11 is 0.217. The minimum Gasteiger partial charge on any atom is -0.495 e. The number of nitrogens with one attached hydrogen (secondary N) is 2. The van der Waals surface area contributed by atoms with Gasteiger partial charge in [0.1, 0.15) is 17.8 Å². The lowest BCUT2D eigenvalue weighted by molar-refractivity contribution is -0.145. The molecule has 0 heterocycles. The number of halogens is 2. The second-order valence-electron chi connectivity index (χ2n) is 7.74. The van der Waals surface area contributed by atoms with Crippen LogP contribution in [0.3, 0.4) is 0 Å². The van der Waals surface area contributed by atoms with E-state index in [1.165, 1.54) is 35.2 Å². The van der Waals surface area contributed by atoms with Crippen LogP contribution in [0, 0.1) is 0 Å². The van der Waals surface area contributed by atoms with Crippen LogP contribution >= 0.6 is 24.3 Å². The Hall–Kier alpha value is -3.32. The predicted molar refractivity (Wildman–Crippen MR) is 151 cm³/mol. The molecule has 2 rings (SSSR count). The summed E-state index contributed by atoms with van der Waals surface area (Å²) in [5.41, 5.74) is 1.51. The van der Waals surface area contributed by atoms with Crippen molar-refractivity contribution in [3.05, 3.63) is 53.6 Å². The molecule has 2 amide bonds. The molecule has 0 radical (unpaired) electrons. The van der Waals surface area contributed by atoms with Gasteiger partial charge < -0.3 is 24.8 Å². The molecule has 2 atom stereocenters. The summed E-state index contributed by atoms with van der Waals surface area (Å²) in [6.07, 6.45) is 0.521. The fourth-order valence-corrected chi connectivity index (χ4v) is 3.88. The fraction of sp³-hybridized carbons (Fsp3) is 0.407. The zero-order valence-corrected chi connectivity index (χ0v) is 25.2. The molecule has 0 spiro atoms. The van der Waals surface area contributed by atoms with Crippen LogP contribution < -0.4 is 15.4 Å². The number of hydrogen-bond donors (Lipinski definition) is 2. The molecule has 40 heavy (non-hydrogen) atoms. The van der Waals surface area contributed by atoms with Crippen molar-refractivity contribution in [1.82, 2.24) is 10.6 Å². The van der Waals surface area contributed by atoms with Crippen LogP contribution in [-0.4, -0.2) is 57.2 Å². The van der Waals surface area contributed by atoms with Gasteiger partial charge >= 0.3 is 11.9 Å². The number of amides is 2. The Balaban J connectivity index is 0.000000719. The van der Waals surface area contributed by atoms with Gasteiger partial charge in [-0.2, -0.15) is 7.77 Å². The van der Waals surface area contributed by atoms with Crippen molar-refractivity contribution in [2.24, 2.45) is 0 Å². The maximum atomic E-state index is 12.8. The first kappa shape index (κ1) is 36.7. The average Bonchev–Trinajstić information content (AvgIpc) is 2.96. The number of rotatable bonds is 11. The highest BCUT2D eigenvalue weighted by molar-refractivity contribution is 7.94. The van der Waals surface area contributed by atoms with E-state index in [4.69, 9.17) is 4.74 Å². The summed E-state index contributed by atoms with van der Waals surface area (Å²) < 4.78 is 39.3. The van der Waals surface area contributed by atoms with E-state index in [1.807, 2.05) is 13.8 Å². The molecule has 2 aromatic carbocycles. The predicted octanol–water partition coefficient (Wildman–Crippen LogP) is 4.80. The zero-order chi connectivity index (χ0) is 30.7. The summed E-state index contributed by atoms with van der Waals surface area (Å²) in [5.74, 6) is -1.29. The Kier molecular flexibility index (Phi) is 18.9. The highest BCUT2D eigenvalue weighted by Gasteiger charge is 2.22. The third-order valence-corrected chi connectivity index (χ3v) is 5.87. The molecular formula is C27H36F2N2O7S2. The number of esters is 2. The molecule has 0 aliphatic carbocycles. The van der Waals surface area contributed by atoms with E-state index in [0.717, 1.165) is 5.56 Å². The van der Waals surface area contributed by atoms with E-state index in [2.05, 4.69) is 20.1 Å². The largest absolute Gasteiger partial charge is 0.495 e. The molecule has 2 N–H and O–H groups in total. The van der Waals surface area contributed by atoms with Crippen molar-refractivity contribution in [3.8, 4) is 5.75 Å². The van der Waals surface area contributed by atoms with Gasteiger partial charge in [-0.15, -0.1) is 0 Å². The SMILES string of the molecule is CC.COC(=O)C(Cc1ccc(OC)c(SF)c1)NC(C)=O.COC(=O)[C@H](Cc1ccc(SF)cc1)NC(C)=O. The lowest BCUT2D eigenvalue weighted by atomic mass is 10.1. The van der Waals surface area contributed by atoms with Gasteiger partial charge in [-0.25, -0.2) is 9.59 Å². The molecule has 1 unspecified atom stereocenters. The van der Waals surface area contributed by atoms with Crippen LogP contribution in [0.2, 0.25) is 0 Å². The topological polar surface area (TPSA) is 120 Å². The third-order valence-electron chi connectivity index (χ3n) is 4.93. The minimum absolute atomic E-state index is 0.0608. The quantitative estimate of drug-likeness (QED) is 0.350. The van der Waals surface area contributed by atoms with E-state index in [0.29, 0.717) is 27.5 Å². The van der Waals surface area contributed by atoms with Crippen molar-refractivity contribution < 1.29 is 41.2 Å². The van der Waals surface area contributed by atoms with E-state index in [1.54, 1.807) is 42.5 Å². The summed E-state index contributed by atoms with van der Waals surface area (Å²) in [5, 5.41) is 5.01. The highest BCUT2D eigenvalue weighted by Crippen LogP contribution is 2.31. The number of hydrogen-bond acceptors (Lipinski definition) is 9. The van der Waals surface area contributed by atoms with Crippen LogP contribution in [0.4, 0.5) is 7.77 Å². The van der Waals surface area contributed by atoms with Gasteiger partial charge in [0.05, 0.1) is 50.5 Å². The van der Waals surface area contributed by atoms with E-state index in [9.17, 15) is 26.9 Å². The van der Waals surface area contributed by atoms with Crippen LogP contribution in [0.15, 0.2) is 52.3 Å². The third kappa shape index (κ3) is 13.7. The Morgan fingerprint density at radius 2 is 1.20 bits per heavy atom. The van der Waals surface area contributed by atoms with E-state index in [-0.39, 0.29) is 42.5 Å². The monoisotopic (exact) mass is 602 g/mol. The molecule has 0 bridgehead atoms. The maximum Gasteiger partial charge on any atom is 0.328 e. The Bertz CT molecular complexity index is 1090. The van der Waals surface area contributed by atoms with E-state index < -0.39 is 24.0 Å².